The predicted octanol–water partition coefficient (Wildman–Crippen LogP) is 1.77. The first kappa shape index (κ1) is 14.5. The highest BCUT2D eigenvalue weighted by atomic mass is 16.3. The van der Waals surface area contributed by atoms with Crippen molar-refractivity contribution in [2.45, 2.75) is 44.3 Å². The van der Waals surface area contributed by atoms with Crippen LogP contribution in [0.25, 0.3) is 0 Å². The van der Waals surface area contributed by atoms with E-state index in [0.29, 0.717) is 18.0 Å². The average Bonchev–Trinajstić information content (AvgIpc) is 2.69. The van der Waals surface area contributed by atoms with E-state index in [4.69, 9.17) is 0 Å². The Kier molecular flexibility index (Phi) is 3.95. The standard InChI is InChI=1S/C16H24N2O3/c1-18-12-3-4-13(18)7-10(6-12)8-17-9-11-2-5-14(19)16(21)15(11)20/h2,5,10,12-13,17,19-21H,3-4,6-9H2,1H3. The van der Waals surface area contributed by atoms with Crippen molar-refractivity contribution in [1.82, 2.24) is 10.2 Å². The fourth-order valence-electron chi connectivity index (χ4n) is 3.86. The molecule has 2 atom stereocenters. The highest BCUT2D eigenvalue weighted by molar-refractivity contribution is 5.52. The lowest BCUT2D eigenvalue weighted by Gasteiger charge is -2.36. The van der Waals surface area contributed by atoms with E-state index in [2.05, 4.69) is 17.3 Å². The second kappa shape index (κ2) is 5.73. The Balaban J connectivity index is 1.52. The molecule has 4 N–H and O–H groups in total. The highest BCUT2D eigenvalue weighted by Crippen LogP contribution is 2.38. The molecule has 0 amide bonds. The number of piperidine rings is 1. The first-order valence-electron chi connectivity index (χ1n) is 7.71. The van der Waals surface area contributed by atoms with Crippen molar-refractivity contribution in [3.63, 3.8) is 0 Å². The molecule has 0 spiro atoms. The van der Waals surface area contributed by atoms with Crippen molar-refractivity contribution in [2.75, 3.05) is 13.6 Å². The molecule has 5 nitrogen and oxygen atoms in total. The Morgan fingerprint density at radius 2 is 1.76 bits per heavy atom. The third-order valence-electron chi connectivity index (χ3n) is 5.16. The highest BCUT2D eigenvalue weighted by Gasteiger charge is 2.37. The van der Waals surface area contributed by atoms with Crippen LogP contribution in [0.3, 0.4) is 0 Å². The molecule has 2 bridgehead atoms. The second-order valence-electron chi connectivity index (χ2n) is 6.46. The van der Waals surface area contributed by atoms with E-state index in [9.17, 15) is 15.3 Å². The molecule has 1 aromatic carbocycles. The SMILES string of the molecule is CN1C2CCC1CC(CNCc1ccc(O)c(O)c1O)C2. The minimum absolute atomic E-state index is 0.231. The number of phenols is 3. The van der Waals surface area contributed by atoms with Gasteiger partial charge in [-0.05, 0) is 51.3 Å². The lowest BCUT2D eigenvalue weighted by molar-refractivity contribution is 0.133. The first-order chi connectivity index (χ1) is 10.1. The average molecular weight is 292 g/mol. The Morgan fingerprint density at radius 3 is 2.43 bits per heavy atom. The van der Waals surface area contributed by atoms with Crippen molar-refractivity contribution < 1.29 is 15.3 Å². The van der Waals surface area contributed by atoms with Gasteiger partial charge in [0.2, 0.25) is 5.75 Å². The van der Waals surface area contributed by atoms with Gasteiger partial charge in [-0.3, -0.25) is 0 Å². The summed E-state index contributed by atoms with van der Waals surface area (Å²) in [7, 11) is 2.24. The maximum absolute atomic E-state index is 9.79. The van der Waals surface area contributed by atoms with E-state index >= 15 is 0 Å². The fraction of sp³-hybridized carbons (Fsp3) is 0.625. The number of aromatic hydroxyl groups is 3. The van der Waals surface area contributed by atoms with Gasteiger partial charge in [0.1, 0.15) is 0 Å². The van der Waals surface area contributed by atoms with Gasteiger partial charge < -0.3 is 25.5 Å². The second-order valence-corrected chi connectivity index (χ2v) is 6.46. The summed E-state index contributed by atoms with van der Waals surface area (Å²) in [4.78, 5) is 2.53. The van der Waals surface area contributed by atoms with Crippen molar-refractivity contribution >= 4 is 0 Å². The molecule has 2 aliphatic rings. The van der Waals surface area contributed by atoms with E-state index in [0.717, 1.165) is 18.6 Å². The van der Waals surface area contributed by atoms with Gasteiger partial charge in [0, 0.05) is 24.2 Å². The molecule has 2 fully saturated rings. The van der Waals surface area contributed by atoms with Crippen LogP contribution >= 0.6 is 0 Å². The molecule has 116 valence electrons. The molecule has 1 aromatic rings. The molecule has 0 saturated carbocycles. The third-order valence-corrected chi connectivity index (χ3v) is 5.16. The van der Waals surface area contributed by atoms with E-state index in [1.54, 1.807) is 6.07 Å². The smallest absolute Gasteiger partial charge is 0.200 e. The Hall–Kier alpha value is -1.46. The monoisotopic (exact) mass is 292 g/mol. The van der Waals surface area contributed by atoms with Crippen LogP contribution in [0.2, 0.25) is 0 Å². The van der Waals surface area contributed by atoms with Crippen LogP contribution < -0.4 is 5.32 Å². The number of phenolic OH excluding ortho intramolecular Hbond substituents is 3. The summed E-state index contributed by atoms with van der Waals surface area (Å²) < 4.78 is 0. The van der Waals surface area contributed by atoms with Crippen molar-refractivity contribution in [3.05, 3.63) is 17.7 Å². The largest absolute Gasteiger partial charge is 0.504 e. The number of hydrogen-bond donors (Lipinski definition) is 4. The molecular formula is C16H24N2O3. The summed E-state index contributed by atoms with van der Waals surface area (Å²) in [5.74, 6) is -0.271. The molecule has 2 saturated heterocycles. The number of benzene rings is 1. The predicted molar refractivity (Wildman–Crippen MR) is 80.4 cm³/mol. The lowest BCUT2D eigenvalue weighted by atomic mass is 9.91. The van der Waals surface area contributed by atoms with Gasteiger partial charge in [-0.1, -0.05) is 6.07 Å². The number of hydrogen-bond acceptors (Lipinski definition) is 5. The molecular weight excluding hydrogens is 268 g/mol. The van der Waals surface area contributed by atoms with Crippen molar-refractivity contribution in [2.24, 2.45) is 5.92 Å². The van der Waals surface area contributed by atoms with Crippen LogP contribution in [0, 0.1) is 5.92 Å². The summed E-state index contributed by atoms with van der Waals surface area (Å²) >= 11 is 0. The van der Waals surface area contributed by atoms with Crippen molar-refractivity contribution in [1.29, 1.82) is 0 Å². The number of nitrogens with zero attached hydrogens (tertiary/aromatic N) is 1. The lowest BCUT2D eigenvalue weighted by Crippen LogP contribution is -2.42. The molecule has 5 heteroatoms. The molecule has 2 unspecified atom stereocenters. The molecule has 3 rings (SSSR count). The van der Waals surface area contributed by atoms with Crippen LogP contribution in [-0.4, -0.2) is 45.9 Å². The van der Waals surface area contributed by atoms with Gasteiger partial charge in [0.25, 0.3) is 0 Å². The zero-order valence-corrected chi connectivity index (χ0v) is 12.4. The van der Waals surface area contributed by atoms with Gasteiger partial charge in [-0.15, -0.1) is 0 Å². The fourth-order valence-corrected chi connectivity index (χ4v) is 3.86. The summed E-state index contributed by atoms with van der Waals surface area (Å²) in [6.07, 6.45) is 5.13. The Labute approximate surface area is 125 Å². The molecule has 0 aromatic heterocycles. The van der Waals surface area contributed by atoms with E-state index in [1.165, 1.54) is 31.7 Å². The minimum atomic E-state index is -0.438. The van der Waals surface area contributed by atoms with Crippen LogP contribution in [-0.2, 0) is 6.54 Å². The quantitative estimate of drug-likeness (QED) is 0.636. The molecule has 0 aliphatic carbocycles. The van der Waals surface area contributed by atoms with Gasteiger partial charge in [-0.25, -0.2) is 0 Å². The van der Waals surface area contributed by atoms with Gasteiger partial charge in [0.15, 0.2) is 11.5 Å². The number of nitrogens with one attached hydrogen (secondary N) is 1. The third kappa shape index (κ3) is 2.80. The Morgan fingerprint density at radius 1 is 1.10 bits per heavy atom. The van der Waals surface area contributed by atoms with E-state index in [1.807, 2.05) is 0 Å². The van der Waals surface area contributed by atoms with Gasteiger partial charge >= 0.3 is 0 Å². The summed E-state index contributed by atoms with van der Waals surface area (Å²) in [6, 6.07) is 4.51. The molecule has 2 heterocycles. The first-order valence-corrected chi connectivity index (χ1v) is 7.71. The molecule has 21 heavy (non-hydrogen) atoms. The van der Waals surface area contributed by atoms with Gasteiger partial charge in [0.05, 0.1) is 0 Å². The minimum Gasteiger partial charge on any atom is -0.504 e. The van der Waals surface area contributed by atoms with Crippen molar-refractivity contribution in [3.8, 4) is 17.2 Å². The zero-order chi connectivity index (χ0) is 15.0. The molecule has 2 aliphatic heterocycles. The van der Waals surface area contributed by atoms with Crippen LogP contribution in [0.1, 0.15) is 31.2 Å². The summed E-state index contributed by atoms with van der Waals surface area (Å²) in [5, 5.41) is 32.0. The van der Waals surface area contributed by atoms with Crippen LogP contribution in [0.5, 0.6) is 17.2 Å². The molecule has 0 radical (unpaired) electrons. The van der Waals surface area contributed by atoms with Crippen LogP contribution in [0.15, 0.2) is 12.1 Å². The van der Waals surface area contributed by atoms with E-state index in [-0.39, 0.29) is 11.5 Å². The maximum Gasteiger partial charge on any atom is 0.200 e. The zero-order valence-electron chi connectivity index (χ0n) is 12.4. The topological polar surface area (TPSA) is 76.0 Å². The van der Waals surface area contributed by atoms with Crippen LogP contribution in [0.4, 0.5) is 0 Å². The Bertz CT molecular complexity index is 506. The van der Waals surface area contributed by atoms with E-state index < -0.39 is 5.75 Å². The maximum atomic E-state index is 9.79. The summed E-state index contributed by atoms with van der Waals surface area (Å²) in [6.45, 7) is 1.43. The normalized spacial score (nSPS) is 28.9. The number of rotatable bonds is 4. The van der Waals surface area contributed by atoms with Gasteiger partial charge in [-0.2, -0.15) is 0 Å². The summed E-state index contributed by atoms with van der Waals surface area (Å²) in [5.41, 5.74) is 0.612. The number of fused-ring (bicyclic) bond motifs is 2.